The second-order valence-corrected chi connectivity index (χ2v) is 2.13. The van der Waals surface area contributed by atoms with Crippen molar-refractivity contribution in [3.63, 3.8) is 0 Å². The Hall–Kier alpha value is -0.560. The van der Waals surface area contributed by atoms with Crippen molar-refractivity contribution in [2.45, 2.75) is 18.5 Å². The number of hydrogen-bond acceptors (Lipinski definition) is 4. The van der Waals surface area contributed by atoms with Gasteiger partial charge in [0.1, 0.15) is 12.1 Å². The van der Waals surface area contributed by atoms with E-state index in [1.807, 2.05) is 0 Å². The number of hydrogen-bond donors (Lipinski definition) is 4. The smallest absolute Gasteiger partial charge is 0.320 e. The third-order valence-electron chi connectivity index (χ3n) is 1.14. The van der Waals surface area contributed by atoms with E-state index in [0.717, 1.165) is 0 Å². The van der Waals surface area contributed by atoms with Gasteiger partial charge in [0.2, 0.25) is 0 Å². The number of nitrogens with two attached hydrogens (primary N) is 2. The Morgan fingerprint density at radius 2 is 1.23 bits per heavy atom. The molecule has 0 radical (unpaired) electrons. The standard InChI is InChI=1S/C5H10N2O4.2ClH/c6-2(4(8)9)1-3(7)5(10)11;;/h2-3H,1,6-7H2,(H,8,9)(H,10,11);2*1H/t2-,3+;;. The molecule has 2 atom stereocenters. The minimum Gasteiger partial charge on any atom is -0.480 e. The Labute approximate surface area is 87.1 Å². The summed E-state index contributed by atoms with van der Waals surface area (Å²) in [6.07, 6.45) is -0.259. The molecule has 6 N–H and O–H groups in total. The highest BCUT2D eigenvalue weighted by atomic mass is 35.5. The minimum atomic E-state index is -1.25. The van der Waals surface area contributed by atoms with E-state index in [9.17, 15) is 9.59 Å². The van der Waals surface area contributed by atoms with Crippen LogP contribution in [0.15, 0.2) is 0 Å². The van der Waals surface area contributed by atoms with Crippen LogP contribution < -0.4 is 11.5 Å². The molecule has 13 heavy (non-hydrogen) atoms. The van der Waals surface area contributed by atoms with Gasteiger partial charge >= 0.3 is 11.9 Å². The van der Waals surface area contributed by atoms with Crippen molar-refractivity contribution in [2.75, 3.05) is 0 Å². The lowest BCUT2D eigenvalue weighted by Crippen LogP contribution is -2.41. The maximum absolute atomic E-state index is 10.1. The second kappa shape index (κ2) is 8.06. The van der Waals surface area contributed by atoms with Crippen LogP contribution in [0.25, 0.3) is 0 Å². The van der Waals surface area contributed by atoms with Crippen LogP contribution in [0.5, 0.6) is 0 Å². The average molecular weight is 235 g/mol. The van der Waals surface area contributed by atoms with Crippen LogP contribution in [0, 0.1) is 0 Å². The highest BCUT2D eigenvalue weighted by Crippen LogP contribution is 1.93. The monoisotopic (exact) mass is 234 g/mol. The maximum Gasteiger partial charge on any atom is 0.320 e. The molecule has 0 saturated heterocycles. The zero-order valence-electron chi connectivity index (χ0n) is 6.54. The molecule has 0 bridgehead atoms. The quantitative estimate of drug-likeness (QED) is 0.497. The van der Waals surface area contributed by atoms with Crippen molar-refractivity contribution in [3.8, 4) is 0 Å². The van der Waals surface area contributed by atoms with Crippen molar-refractivity contribution < 1.29 is 19.8 Å². The average Bonchev–Trinajstić information content (AvgIpc) is 1.87. The van der Waals surface area contributed by atoms with Crippen LogP contribution in [-0.2, 0) is 9.59 Å². The minimum absolute atomic E-state index is 0. The van der Waals surface area contributed by atoms with E-state index in [2.05, 4.69) is 0 Å². The molecule has 6 nitrogen and oxygen atoms in total. The molecule has 0 aromatic rings. The van der Waals surface area contributed by atoms with Gasteiger partial charge in [0, 0.05) is 0 Å². The van der Waals surface area contributed by atoms with Gasteiger partial charge in [0.05, 0.1) is 0 Å². The predicted molar refractivity (Wildman–Crippen MR) is 50.3 cm³/mol. The highest BCUT2D eigenvalue weighted by Gasteiger charge is 2.20. The Balaban J connectivity index is -0.000000500. The fourth-order valence-electron chi connectivity index (χ4n) is 0.475. The summed E-state index contributed by atoms with van der Waals surface area (Å²) in [5.41, 5.74) is 10.0. The van der Waals surface area contributed by atoms with E-state index >= 15 is 0 Å². The lowest BCUT2D eigenvalue weighted by atomic mass is 10.1. The summed E-state index contributed by atoms with van der Waals surface area (Å²) in [7, 11) is 0. The fourth-order valence-corrected chi connectivity index (χ4v) is 0.475. The summed E-state index contributed by atoms with van der Waals surface area (Å²) in [5.74, 6) is -2.50. The lowest BCUT2D eigenvalue weighted by molar-refractivity contribution is -0.140. The van der Waals surface area contributed by atoms with Crippen LogP contribution in [-0.4, -0.2) is 34.2 Å². The summed E-state index contributed by atoms with van der Waals surface area (Å²) in [5, 5.41) is 16.5. The van der Waals surface area contributed by atoms with Gasteiger partial charge in [-0.15, -0.1) is 24.8 Å². The van der Waals surface area contributed by atoms with Gasteiger partial charge in [-0.25, -0.2) is 0 Å². The molecule has 0 rings (SSSR count). The molecular weight excluding hydrogens is 223 g/mol. The Morgan fingerprint density at radius 3 is 1.38 bits per heavy atom. The van der Waals surface area contributed by atoms with Crippen LogP contribution in [0.4, 0.5) is 0 Å². The molecule has 0 heterocycles. The van der Waals surface area contributed by atoms with Gasteiger partial charge in [-0.05, 0) is 6.42 Å². The third kappa shape index (κ3) is 7.79. The van der Waals surface area contributed by atoms with Gasteiger partial charge < -0.3 is 21.7 Å². The molecule has 0 saturated carbocycles. The van der Waals surface area contributed by atoms with E-state index in [0.29, 0.717) is 0 Å². The number of carbonyl (C=O) groups is 2. The van der Waals surface area contributed by atoms with Crippen LogP contribution >= 0.6 is 24.8 Å². The Bertz CT molecular complexity index is 160. The van der Waals surface area contributed by atoms with Crippen LogP contribution in [0.3, 0.4) is 0 Å². The van der Waals surface area contributed by atoms with Gasteiger partial charge in [-0.1, -0.05) is 0 Å². The lowest BCUT2D eigenvalue weighted by Gasteiger charge is -2.08. The van der Waals surface area contributed by atoms with E-state index in [4.69, 9.17) is 21.7 Å². The van der Waals surface area contributed by atoms with Crippen molar-refractivity contribution in [1.82, 2.24) is 0 Å². The number of aliphatic carboxylic acids is 2. The summed E-state index contributed by atoms with van der Waals surface area (Å²) in [6, 6.07) is -2.41. The molecule has 8 heteroatoms. The largest absolute Gasteiger partial charge is 0.480 e. The molecule has 0 aliphatic carbocycles. The van der Waals surface area contributed by atoms with Gasteiger partial charge in [-0.3, -0.25) is 9.59 Å². The third-order valence-corrected chi connectivity index (χ3v) is 1.14. The number of rotatable bonds is 4. The first-order valence-corrected chi connectivity index (χ1v) is 2.92. The molecule has 0 unspecified atom stereocenters. The van der Waals surface area contributed by atoms with Crippen LogP contribution in [0.1, 0.15) is 6.42 Å². The number of halogens is 2. The predicted octanol–water partition coefficient (Wildman–Crippen LogP) is -0.956. The maximum atomic E-state index is 10.1. The first kappa shape index (κ1) is 18.3. The fraction of sp³-hybridized carbons (Fsp3) is 0.600. The SMILES string of the molecule is Cl.Cl.N[C@H](C[C@H](N)C(=O)O)C(=O)O. The zero-order chi connectivity index (χ0) is 9.02. The van der Waals surface area contributed by atoms with E-state index in [-0.39, 0.29) is 31.2 Å². The molecule has 0 fully saturated rings. The van der Waals surface area contributed by atoms with Gasteiger partial charge in [-0.2, -0.15) is 0 Å². The van der Waals surface area contributed by atoms with Crippen molar-refractivity contribution in [2.24, 2.45) is 11.5 Å². The van der Waals surface area contributed by atoms with Crippen molar-refractivity contribution in [3.05, 3.63) is 0 Å². The van der Waals surface area contributed by atoms with Crippen molar-refractivity contribution >= 4 is 36.8 Å². The normalized spacial score (nSPS) is 13.1. The highest BCUT2D eigenvalue weighted by molar-refractivity contribution is 5.85. The van der Waals surface area contributed by atoms with E-state index < -0.39 is 24.0 Å². The van der Waals surface area contributed by atoms with E-state index in [1.165, 1.54) is 0 Å². The van der Waals surface area contributed by atoms with Crippen LogP contribution in [0.2, 0.25) is 0 Å². The molecule has 0 amide bonds. The summed E-state index contributed by atoms with van der Waals surface area (Å²) < 4.78 is 0. The molecule has 0 aliphatic rings. The summed E-state index contributed by atoms with van der Waals surface area (Å²) in [6.45, 7) is 0. The van der Waals surface area contributed by atoms with Gasteiger partial charge in [0.15, 0.2) is 0 Å². The first-order valence-electron chi connectivity index (χ1n) is 2.92. The second-order valence-electron chi connectivity index (χ2n) is 2.13. The van der Waals surface area contributed by atoms with Gasteiger partial charge in [0.25, 0.3) is 0 Å². The molecule has 0 aromatic heterocycles. The molecule has 0 aliphatic heterocycles. The summed E-state index contributed by atoms with van der Waals surface area (Å²) >= 11 is 0. The number of carboxylic acid groups (broad SMARTS) is 2. The topological polar surface area (TPSA) is 127 Å². The first-order chi connectivity index (χ1) is 4.95. The molecule has 80 valence electrons. The Kier molecular flexibility index (Phi) is 11.3. The molecular formula is C5H12Cl2N2O4. The summed E-state index contributed by atoms with van der Waals surface area (Å²) in [4.78, 5) is 20.2. The Morgan fingerprint density at radius 1 is 1.00 bits per heavy atom. The van der Waals surface area contributed by atoms with E-state index in [1.54, 1.807) is 0 Å². The molecule has 0 spiro atoms. The number of carboxylic acids is 2. The zero-order valence-corrected chi connectivity index (χ0v) is 8.18. The molecule has 0 aromatic carbocycles. The van der Waals surface area contributed by atoms with Crippen molar-refractivity contribution in [1.29, 1.82) is 0 Å².